The van der Waals surface area contributed by atoms with Crippen molar-refractivity contribution < 1.29 is 19.1 Å². The zero-order valence-electron chi connectivity index (χ0n) is 17.7. The van der Waals surface area contributed by atoms with E-state index in [9.17, 15) is 14.4 Å². The first kappa shape index (κ1) is 20.0. The van der Waals surface area contributed by atoms with Gasteiger partial charge in [0.05, 0.1) is 30.3 Å². The molecule has 0 bridgehead atoms. The maximum atomic E-state index is 13.5. The van der Waals surface area contributed by atoms with E-state index < -0.39 is 0 Å². The summed E-state index contributed by atoms with van der Waals surface area (Å²) < 4.78 is 5.47. The monoisotopic (exact) mass is 426 g/mol. The van der Waals surface area contributed by atoms with Gasteiger partial charge in [-0.05, 0) is 54.3 Å². The van der Waals surface area contributed by atoms with Gasteiger partial charge in [-0.2, -0.15) is 0 Å². The Labute approximate surface area is 186 Å². The first-order valence-electron chi connectivity index (χ1n) is 10.6. The minimum Gasteiger partial charge on any atom is -0.496 e. The predicted octanol–water partition coefficient (Wildman–Crippen LogP) is 4.08. The van der Waals surface area contributed by atoms with Crippen LogP contribution in [0.15, 0.2) is 66.7 Å². The highest BCUT2D eigenvalue weighted by atomic mass is 16.5. The van der Waals surface area contributed by atoms with Crippen molar-refractivity contribution in [2.75, 3.05) is 18.6 Å². The molecule has 5 rings (SSSR count). The van der Waals surface area contributed by atoms with Gasteiger partial charge in [-0.15, -0.1) is 0 Å². The lowest BCUT2D eigenvalue weighted by molar-refractivity contribution is 0.0642. The average molecular weight is 426 g/mol. The molecule has 3 amide bonds. The van der Waals surface area contributed by atoms with Crippen molar-refractivity contribution in [2.45, 2.75) is 19.4 Å². The number of imide groups is 1. The number of ether oxygens (including phenoxy) is 1. The molecule has 2 aliphatic heterocycles. The molecule has 6 heteroatoms. The van der Waals surface area contributed by atoms with Gasteiger partial charge in [0.25, 0.3) is 17.7 Å². The van der Waals surface area contributed by atoms with Crippen LogP contribution in [0.2, 0.25) is 0 Å². The molecule has 2 aliphatic rings. The molecule has 3 aromatic rings. The molecule has 3 aromatic carbocycles. The van der Waals surface area contributed by atoms with Gasteiger partial charge < -0.3 is 9.64 Å². The Balaban J connectivity index is 1.46. The fourth-order valence-corrected chi connectivity index (χ4v) is 4.48. The second-order valence-electron chi connectivity index (χ2n) is 7.97. The van der Waals surface area contributed by atoms with Crippen LogP contribution in [-0.4, -0.2) is 36.3 Å². The van der Waals surface area contributed by atoms with Gasteiger partial charge in [-0.25, -0.2) is 0 Å². The van der Waals surface area contributed by atoms with Crippen molar-refractivity contribution in [1.29, 1.82) is 0 Å². The van der Waals surface area contributed by atoms with E-state index in [1.165, 1.54) is 12.0 Å². The maximum absolute atomic E-state index is 13.5. The van der Waals surface area contributed by atoms with Crippen LogP contribution in [0, 0.1) is 0 Å². The summed E-state index contributed by atoms with van der Waals surface area (Å²) in [7, 11) is 1.53. The molecule has 0 radical (unpaired) electrons. The number of hydrogen-bond acceptors (Lipinski definition) is 4. The number of benzene rings is 3. The van der Waals surface area contributed by atoms with Gasteiger partial charge in [-0.1, -0.05) is 36.4 Å². The van der Waals surface area contributed by atoms with Gasteiger partial charge in [0.1, 0.15) is 5.75 Å². The van der Waals surface area contributed by atoms with E-state index in [0.29, 0.717) is 34.5 Å². The van der Waals surface area contributed by atoms with Crippen LogP contribution in [0.1, 0.15) is 48.6 Å². The summed E-state index contributed by atoms with van der Waals surface area (Å²) >= 11 is 0. The molecular formula is C26H22N2O4. The third kappa shape index (κ3) is 3.24. The van der Waals surface area contributed by atoms with Crippen LogP contribution in [0.25, 0.3) is 0 Å². The van der Waals surface area contributed by atoms with E-state index in [1.807, 2.05) is 24.3 Å². The first-order valence-corrected chi connectivity index (χ1v) is 10.6. The van der Waals surface area contributed by atoms with Crippen LogP contribution in [0.3, 0.4) is 0 Å². The number of carbonyl (C=O) groups is 3. The molecule has 0 saturated carbocycles. The van der Waals surface area contributed by atoms with E-state index in [1.54, 1.807) is 47.4 Å². The number of carbonyl (C=O) groups excluding carboxylic acids is 3. The lowest BCUT2D eigenvalue weighted by Crippen LogP contribution is -2.35. The van der Waals surface area contributed by atoms with E-state index in [4.69, 9.17) is 4.74 Å². The van der Waals surface area contributed by atoms with Crippen molar-refractivity contribution in [3.8, 4) is 5.75 Å². The fourth-order valence-electron chi connectivity index (χ4n) is 4.48. The van der Waals surface area contributed by atoms with Crippen molar-refractivity contribution in [1.82, 2.24) is 4.90 Å². The molecule has 0 unspecified atom stereocenters. The summed E-state index contributed by atoms with van der Waals surface area (Å²) in [4.78, 5) is 42.0. The zero-order valence-corrected chi connectivity index (χ0v) is 17.7. The molecule has 0 N–H and O–H groups in total. The van der Waals surface area contributed by atoms with Crippen LogP contribution in [0.5, 0.6) is 5.75 Å². The summed E-state index contributed by atoms with van der Waals surface area (Å²) in [5, 5.41) is 0. The number of nitrogens with zero attached hydrogens (tertiary/aromatic N) is 2. The Bertz CT molecular complexity index is 1220. The van der Waals surface area contributed by atoms with Crippen LogP contribution in [0.4, 0.5) is 5.69 Å². The molecule has 6 nitrogen and oxygen atoms in total. The second-order valence-corrected chi connectivity index (χ2v) is 7.97. The molecule has 0 aromatic heterocycles. The molecule has 32 heavy (non-hydrogen) atoms. The lowest BCUT2D eigenvalue weighted by atomic mass is 10.00. The van der Waals surface area contributed by atoms with Crippen molar-refractivity contribution in [2.24, 2.45) is 0 Å². The molecule has 0 fully saturated rings. The SMILES string of the molecule is COc1ccc(CN2C(=O)c3ccccc3C2=O)cc1C(=O)N1CCCc2ccccc21. The highest BCUT2D eigenvalue weighted by molar-refractivity contribution is 6.21. The number of hydrogen-bond donors (Lipinski definition) is 0. The molecule has 0 saturated heterocycles. The summed E-state index contributed by atoms with van der Waals surface area (Å²) in [6, 6.07) is 19.9. The lowest BCUT2D eigenvalue weighted by Gasteiger charge is -2.30. The van der Waals surface area contributed by atoms with Gasteiger partial charge in [-0.3, -0.25) is 19.3 Å². The third-order valence-corrected chi connectivity index (χ3v) is 6.07. The Kier molecular flexibility index (Phi) is 4.98. The van der Waals surface area contributed by atoms with Crippen LogP contribution in [-0.2, 0) is 13.0 Å². The summed E-state index contributed by atoms with van der Waals surface area (Å²) in [6.45, 7) is 0.717. The number of rotatable bonds is 4. The number of anilines is 1. The number of fused-ring (bicyclic) bond motifs is 2. The standard InChI is InChI=1S/C26H22N2O4/c1-32-23-13-12-17(16-28-24(29)19-9-3-4-10-20(19)25(28)30)15-21(23)26(31)27-14-6-8-18-7-2-5-11-22(18)27/h2-5,7,9-13,15H,6,8,14,16H2,1H3. The number of amides is 3. The normalized spacial score (nSPS) is 14.9. The Hall–Kier alpha value is -3.93. The van der Waals surface area contributed by atoms with E-state index in [2.05, 4.69) is 0 Å². The van der Waals surface area contributed by atoms with Gasteiger partial charge in [0, 0.05) is 12.2 Å². The Morgan fingerprint density at radius 1 is 0.938 bits per heavy atom. The van der Waals surface area contributed by atoms with Gasteiger partial charge in [0.2, 0.25) is 0 Å². The summed E-state index contributed by atoms with van der Waals surface area (Å²) in [5.41, 5.74) is 3.98. The highest BCUT2D eigenvalue weighted by Gasteiger charge is 2.35. The molecular weight excluding hydrogens is 404 g/mol. The zero-order chi connectivity index (χ0) is 22.2. The van der Waals surface area contributed by atoms with Crippen molar-refractivity contribution >= 4 is 23.4 Å². The van der Waals surface area contributed by atoms with Crippen LogP contribution < -0.4 is 9.64 Å². The Morgan fingerprint density at radius 2 is 1.62 bits per heavy atom. The maximum Gasteiger partial charge on any atom is 0.262 e. The number of aryl methyl sites for hydroxylation is 1. The molecule has 0 spiro atoms. The minimum atomic E-state index is -0.320. The minimum absolute atomic E-state index is 0.0905. The third-order valence-electron chi connectivity index (χ3n) is 6.07. The smallest absolute Gasteiger partial charge is 0.262 e. The summed E-state index contributed by atoms with van der Waals surface area (Å²) in [6.07, 6.45) is 1.83. The molecule has 0 atom stereocenters. The van der Waals surface area contributed by atoms with Gasteiger partial charge in [0.15, 0.2) is 0 Å². The fraction of sp³-hybridized carbons (Fsp3) is 0.192. The van der Waals surface area contributed by atoms with Gasteiger partial charge >= 0.3 is 0 Å². The quantitative estimate of drug-likeness (QED) is 0.590. The largest absolute Gasteiger partial charge is 0.496 e. The number of methoxy groups -OCH3 is 1. The summed E-state index contributed by atoms with van der Waals surface area (Å²) in [5.74, 6) is -0.333. The average Bonchev–Trinajstić information content (AvgIpc) is 3.08. The van der Waals surface area contributed by atoms with E-state index in [0.717, 1.165) is 24.1 Å². The van der Waals surface area contributed by atoms with E-state index >= 15 is 0 Å². The van der Waals surface area contributed by atoms with E-state index in [-0.39, 0.29) is 24.3 Å². The topological polar surface area (TPSA) is 66.9 Å². The van der Waals surface area contributed by atoms with Crippen molar-refractivity contribution in [3.63, 3.8) is 0 Å². The molecule has 160 valence electrons. The molecule has 0 aliphatic carbocycles. The Morgan fingerprint density at radius 3 is 2.34 bits per heavy atom. The molecule has 2 heterocycles. The van der Waals surface area contributed by atoms with Crippen molar-refractivity contribution in [3.05, 3.63) is 94.5 Å². The predicted molar refractivity (Wildman–Crippen MR) is 120 cm³/mol. The second kappa shape index (κ2) is 7.96. The van der Waals surface area contributed by atoms with Crippen LogP contribution >= 0.6 is 0 Å². The highest BCUT2D eigenvalue weighted by Crippen LogP contribution is 2.31. The number of para-hydroxylation sites is 1. The first-order chi connectivity index (χ1) is 15.6.